The molecule has 112 valence electrons. The van der Waals surface area contributed by atoms with Crippen LogP contribution in [0.5, 0.6) is 11.8 Å². The van der Waals surface area contributed by atoms with Crippen molar-refractivity contribution in [3.63, 3.8) is 0 Å². The van der Waals surface area contributed by atoms with Crippen molar-refractivity contribution in [2.45, 2.75) is 33.7 Å². The van der Waals surface area contributed by atoms with E-state index in [1.807, 2.05) is 38.2 Å². The van der Waals surface area contributed by atoms with Crippen LogP contribution < -0.4 is 10.1 Å². The second-order valence-electron chi connectivity index (χ2n) is 4.95. The zero-order valence-corrected chi connectivity index (χ0v) is 14.2. The number of aryl methyl sites for hydroxylation is 2. The predicted octanol–water partition coefficient (Wildman–Crippen LogP) is 4.15. The Hall–Kier alpha value is -1.46. The lowest BCUT2D eigenvalue weighted by atomic mass is 10.2. The summed E-state index contributed by atoms with van der Waals surface area (Å²) in [6.07, 6.45) is 2.94. The van der Waals surface area contributed by atoms with Gasteiger partial charge < -0.3 is 10.1 Å². The van der Waals surface area contributed by atoms with Crippen LogP contribution >= 0.6 is 15.9 Å². The summed E-state index contributed by atoms with van der Waals surface area (Å²) in [5.41, 5.74) is 3.16. The molecular weight excluding hydrogens is 330 g/mol. The van der Waals surface area contributed by atoms with Crippen molar-refractivity contribution in [3.05, 3.63) is 45.7 Å². The highest BCUT2D eigenvalue weighted by Gasteiger charge is 2.06. The van der Waals surface area contributed by atoms with E-state index < -0.39 is 0 Å². The van der Waals surface area contributed by atoms with Gasteiger partial charge in [-0.15, -0.1) is 0 Å². The van der Waals surface area contributed by atoms with Crippen LogP contribution in [0.4, 0.5) is 0 Å². The average molecular weight is 350 g/mol. The SMILES string of the molecule is CCCNCc1cnc(Oc2ccc(Br)c(C)c2)nc1C. The maximum Gasteiger partial charge on any atom is 0.322 e. The molecule has 1 N–H and O–H groups in total. The fourth-order valence-corrected chi connectivity index (χ4v) is 2.13. The van der Waals surface area contributed by atoms with Gasteiger partial charge in [-0.1, -0.05) is 22.9 Å². The lowest BCUT2D eigenvalue weighted by Crippen LogP contribution is -2.15. The molecule has 1 aromatic heterocycles. The Balaban J connectivity index is 2.07. The summed E-state index contributed by atoms with van der Waals surface area (Å²) in [6.45, 7) is 7.93. The smallest absolute Gasteiger partial charge is 0.322 e. The summed E-state index contributed by atoms with van der Waals surface area (Å²) in [4.78, 5) is 8.69. The molecule has 0 saturated heterocycles. The molecule has 0 bridgehead atoms. The molecule has 0 atom stereocenters. The lowest BCUT2D eigenvalue weighted by Gasteiger charge is -2.09. The number of ether oxygens (including phenoxy) is 1. The molecule has 0 saturated carbocycles. The highest BCUT2D eigenvalue weighted by atomic mass is 79.9. The molecule has 5 heteroatoms. The molecule has 0 aliphatic carbocycles. The Bertz CT molecular complexity index is 616. The van der Waals surface area contributed by atoms with E-state index in [4.69, 9.17) is 4.74 Å². The molecule has 2 rings (SSSR count). The number of halogens is 1. The van der Waals surface area contributed by atoms with Gasteiger partial charge in [-0.25, -0.2) is 4.98 Å². The zero-order chi connectivity index (χ0) is 15.2. The van der Waals surface area contributed by atoms with E-state index in [0.717, 1.165) is 46.6 Å². The highest BCUT2D eigenvalue weighted by molar-refractivity contribution is 9.10. The van der Waals surface area contributed by atoms with Crippen LogP contribution in [0, 0.1) is 13.8 Å². The summed E-state index contributed by atoms with van der Waals surface area (Å²) >= 11 is 3.47. The summed E-state index contributed by atoms with van der Waals surface area (Å²) in [5, 5.41) is 3.35. The molecule has 21 heavy (non-hydrogen) atoms. The van der Waals surface area contributed by atoms with Crippen LogP contribution in [0.2, 0.25) is 0 Å². The molecule has 0 aliphatic heterocycles. The third-order valence-electron chi connectivity index (χ3n) is 3.14. The highest BCUT2D eigenvalue weighted by Crippen LogP contribution is 2.24. The second kappa shape index (κ2) is 7.52. The van der Waals surface area contributed by atoms with Crippen LogP contribution in [-0.2, 0) is 6.54 Å². The van der Waals surface area contributed by atoms with Gasteiger partial charge in [0.2, 0.25) is 0 Å². The minimum Gasteiger partial charge on any atom is -0.424 e. The van der Waals surface area contributed by atoms with Crippen molar-refractivity contribution >= 4 is 15.9 Å². The van der Waals surface area contributed by atoms with Gasteiger partial charge in [0.25, 0.3) is 0 Å². The first-order chi connectivity index (χ1) is 10.1. The minimum absolute atomic E-state index is 0.383. The maximum absolute atomic E-state index is 5.71. The molecule has 2 aromatic rings. The number of nitrogens with one attached hydrogen (secondary N) is 1. The van der Waals surface area contributed by atoms with Gasteiger partial charge in [0.15, 0.2) is 0 Å². The molecule has 4 nitrogen and oxygen atoms in total. The first-order valence-electron chi connectivity index (χ1n) is 7.07. The molecule has 0 unspecified atom stereocenters. The van der Waals surface area contributed by atoms with Gasteiger partial charge >= 0.3 is 6.01 Å². The Morgan fingerprint density at radius 1 is 1.29 bits per heavy atom. The van der Waals surface area contributed by atoms with Crippen molar-refractivity contribution in [1.29, 1.82) is 0 Å². The van der Waals surface area contributed by atoms with E-state index in [2.05, 4.69) is 38.1 Å². The lowest BCUT2D eigenvalue weighted by molar-refractivity contribution is 0.438. The van der Waals surface area contributed by atoms with Crippen molar-refractivity contribution in [2.75, 3.05) is 6.54 Å². The molecule has 0 aliphatic rings. The van der Waals surface area contributed by atoms with Crippen LogP contribution in [0.25, 0.3) is 0 Å². The molecule has 0 radical (unpaired) electrons. The first-order valence-corrected chi connectivity index (χ1v) is 7.86. The predicted molar refractivity (Wildman–Crippen MR) is 87.7 cm³/mol. The molecule has 0 spiro atoms. The summed E-state index contributed by atoms with van der Waals surface area (Å²) < 4.78 is 6.77. The number of hydrogen-bond donors (Lipinski definition) is 1. The van der Waals surface area contributed by atoms with Crippen molar-refractivity contribution in [1.82, 2.24) is 15.3 Å². The third-order valence-corrected chi connectivity index (χ3v) is 4.03. The molecule has 0 amide bonds. The van der Waals surface area contributed by atoms with Gasteiger partial charge in [-0.05, 0) is 50.6 Å². The normalized spacial score (nSPS) is 10.7. The summed E-state index contributed by atoms with van der Waals surface area (Å²) in [6, 6.07) is 6.19. The van der Waals surface area contributed by atoms with Crippen molar-refractivity contribution < 1.29 is 4.74 Å². The molecule has 0 fully saturated rings. The number of rotatable bonds is 6. The molecule has 1 heterocycles. The van der Waals surface area contributed by atoms with Crippen LogP contribution in [0.1, 0.15) is 30.2 Å². The zero-order valence-electron chi connectivity index (χ0n) is 12.6. The monoisotopic (exact) mass is 349 g/mol. The van der Waals surface area contributed by atoms with Crippen LogP contribution in [0.15, 0.2) is 28.9 Å². The van der Waals surface area contributed by atoms with E-state index in [1.165, 1.54) is 0 Å². The largest absolute Gasteiger partial charge is 0.424 e. The topological polar surface area (TPSA) is 47.0 Å². The Morgan fingerprint density at radius 2 is 2.10 bits per heavy atom. The van der Waals surface area contributed by atoms with E-state index in [1.54, 1.807) is 0 Å². The summed E-state index contributed by atoms with van der Waals surface area (Å²) in [7, 11) is 0. The average Bonchev–Trinajstić information content (AvgIpc) is 2.45. The van der Waals surface area contributed by atoms with Gasteiger partial charge in [0.05, 0.1) is 0 Å². The second-order valence-corrected chi connectivity index (χ2v) is 5.81. The quantitative estimate of drug-likeness (QED) is 0.795. The number of hydrogen-bond acceptors (Lipinski definition) is 4. The number of aromatic nitrogens is 2. The van der Waals surface area contributed by atoms with Crippen LogP contribution in [-0.4, -0.2) is 16.5 Å². The summed E-state index contributed by atoms with van der Waals surface area (Å²) in [5.74, 6) is 0.743. The molecular formula is C16H20BrN3O. The Labute approximate surface area is 134 Å². The molecule has 1 aromatic carbocycles. The fraction of sp³-hybridized carbons (Fsp3) is 0.375. The fourth-order valence-electron chi connectivity index (χ4n) is 1.88. The van der Waals surface area contributed by atoms with Gasteiger partial charge in [0, 0.05) is 28.5 Å². The van der Waals surface area contributed by atoms with Gasteiger partial charge in [-0.3, -0.25) is 0 Å². The van der Waals surface area contributed by atoms with E-state index >= 15 is 0 Å². The standard InChI is InChI=1S/C16H20BrN3O/c1-4-7-18-9-13-10-19-16(20-12(13)3)21-14-5-6-15(17)11(2)8-14/h5-6,8,10,18H,4,7,9H2,1-3H3. The van der Waals surface area contributed by atoms with Crippen molar-refractivity contribution in [3.8, 4) is 11.8 Å². The third kappa shape index (κ3) is 4.51. The Kier molecular flexibility index (Phi) is 5.70. The van der Waals surface area contributed by atoms with Crippen LogP contribution in [0.3, 0.4) is 0 Å². The number of benzene rings is 1. The maximum atomic E-state index is 5.71. The van der Waals surface area contributed by atoms with Gasteiger partial charge in [-0.2, -0.15) is 4.98 Å². The Morgan fingerprint density at radius 3 is 2.76 bits per heavy atom. The van der Waals surface area contributed by atoms with E-state index in [0.29, 0.717) is 6.01 Å². The first kappa shape index (κ1) is 15.9. The minimum atomic E-state index is 0.383. The van der Waals surface area contributed by atoms with E-state index in [-0.39, 0.29) is 0 Å². The number of nitrogens with zero attached hydrogens (tertiary/aromatic N) is 2. The van der Waals surface area contributed by atoms with Gasteiger partial charge in [0.1, 0.15) is 5.75 Å². The van der Waals surface area contributed by atoms with E-state index in [9.17, 15) is 0 Å². The van der Waals surface area contributed by atoms with Crippen molar-refractivity contribution in [2.24, 2.45) is 0 Å².